The van der Waals surface area contributed by atoms with Gasteiger partial charge in [-0.3, -0.25) is 0 Å². The van der Waals surface area contributed by atoms with E-state index in [-0.39, 0.29) is 5.38 Å². The monoisotopic (exact) mass is 299 g/mol. The van der Waals surface area contributed by atoms with E-state index in [0.717, 1.165) is 23.4 Å². The van der Waals surface area contributed by atoms with Crippen LogP contribution < -0.4 is 0 Å². The lowest BCUT2D eigenvalue weighted by molar-refractivity contribution is 0.284. The SMILES string of the molecule is CC(Cl)c1nc2cc(Cl)ccc2n1CC(C)N(C)C. The van der Waals surface area contributed by atoms with Crippen molar-refractivity contribution in [2.75, 3.05) is 14.1 Å². The van der Waals surface area contributed by atoms with Crippen LogP contribution in [0.25, 0.3) is 11.0 Å². The predicted octanol–water partition coefficient (Wildman–Crippen LogP) is 3.94. The fourth-order valence-corrected chi connectivity index (χ4v) is 2.38. The molecule has 0 fully saturated rings. The molecule has 3 nitrogen and oxygen atoms in total. The van der Waals surface area contributed by atoms with Crippen LogP contribution in [0.15, 0.2) is 18.2 Å². The standard InChI is InChI=1S/C14H19Cl2N3/c1-9(18(3)4)8-19-13-6-5-11(16)7-12(13)17-14(19)10(2)15/h5-7,9-10H,8H2,1-4H3. The van der Waals surface area contributed by atoms with Crippen molar-refractivity contribution < 1.29 is 0 Å². The van der Waals surface area contributed by atoms with Crippen molar-refractivity contribution in [2.24, 2.45) is 0 Å². The molecule has 2 rings (SSSR count). The number of benzene rings is 1. The summed E-state index contributed by atoms with van der Waals surface area (Å²) in [7, 11) is 4.15. The Morgan fingerprint density at radius 3 is 2.58 bits per heavy atom. The number of imidazole rings is 1. The largest absolute Gasteiger partial charge is 0.325 e. The molecule has 0 aliphatic carbocycles. The summed E-state index contributed by atoms with van der Waals surface area (Å²) in [6.45, 7) is 4.99. The van der Waals surface area contributed by atoms with Gasteiger partial charge in [-0.1, -0.05) is 11.6 Å². The summed E-state index contributed by atoms with van der Waals surface area (Å²) in [4.78, 5) is 6.80. The van der Waals surface area contributed by atoms with Gasteiger partial charge in [0, 0.05) is 17.6 Å². The molecule has 1 heterocycles. The molecule has 104 valence electrons. The van der Waals surface area contributed by atoms with Crippen LogP contribution in [0, 0.1) is 0 Å². The molecule has 1 aromatic carbocycles. The molecule has 0 radical (unpaired) electrons. The van der Waals surface area contributed by atoms with Crippen LogP contribution in [-0.4, -0.2) is 34.6 Å². The number of fused-ring (bicyclic) bond motifs is 1. The molecule has 0 N–H and O–H groups in total. The minimum absolute atomic E-state index is 0.125. The fraction of sp³-hybridized carbons (Fsp3) is 0.500. The van der Waals surface area contributed by atoms with Gasteiger partial charge in [-0.05, 0) is 46.1 Å². The van der Waals surface area contributed by atoms with Gasteiger partial charge in [-0.2, -0.15) is 0 Å². The molecule has 0 aliphatic heterocycles. The Balaban J connectivity index is 2.52. The van der Waals surface area contributed by atoms with E-state index in [1.54, 1.807) is 0 Å². The first-order chi connectivity index (χ1) is 8.90. The number of rotatable bonds is 4. The van der Waals surface area contributed by atoms with Crippen LogP contribution in [0.2, 0.25) is 5.02 Å². The maximum absolute atomic E-state index is 6.25. The van der Waals surface area contributed by atoms with Crippen molar-refractivity contribution in [2.45, 2.75) is 31.8 Å². The smallest absolute Gasteiger partial charge is 0.127 e. The molecule has 0 aliphatic rings. The highest BCUT2D eigenvalue weighted by Gasteiger charge is 2.17. The summed E-state index contributed by atoms with van der Waals surface area (Å²) >= 11 is 12.3. The molecule has 2 aromatic rings. The zero-order chi connectivity index (χ0) is 14.2. The number of nitrogens with zero attached hydrogens (tertiary/aromatic N) is 3. The van der Waals surface area contributed by atoms with E-state index in [4.69, 9.17) is 23.2 Å². The second-order valence-electron chi connectivity index (χ2n) is 5.14. The van der Waals surface area contributed by atoms with Gasteiger partial charge in [-0.25, -0.2) is 4.98 Å². The van der Waals surface area contributed by atoms with Crippen molar-refractivity contribution in [3.63, 3.8) is 0 Å². The Bertz CT molecular complexity index is 575. The Morgan fingerprint density at radius 1 is 1.32 bits per heavy atom. The maximum Gasteiger partial charge on any atom is 0.127 e. The molecule has 0 saturated carbocycles. The number of hydrogen-bond donors (Lipinski definition) is 0. The van der Waals surface area contributed by atoms with Crippen LogP contribution in [0.1, 0.15) is 25.0 Å². The van der Waals surface area contributed by atoms with Crippen molar-refractivity contribution in [1.82, 2.24) is 14.5 Å². The van der Waals surface area contributed by atoms with Crippen LogP contribution in [0.4, 0.5) is 0 Å². The van der Waals surface area contributed by atoms with Crippen LogP contribution in [0.3, 0.4) is 0 Å². The Labute approximate surface area is 124 Å². The van der Waals surface area contributed by atoms with Gasteiger partial charge in [0.15, 0.2) is 0 Å². The lowest BCUT2D eigenvalue weighted by Gasteiger charge is -2.22. The number of likely N-dealkylation sites (N-methyl/N-ethyl adjacent to an activating group) is 1. The first kappa shape index (κ1) is 14.6. The first-order valence-electron chi connectivity index (χ1n) is 6.36. The Hall–Kier alpha value is -0.770. The normalized spacial score (nSPS) is 15.1. The molecular formula is C14H19Cl2N3. The summed E-state index contributed by atoms with van der Waals surface area (Å²) < 4.78 is 2.19. The second kappa shape index (κ2) is 5.70. The summed E-state index contributed by atoms with van der Waals surface area (Å²) in [5.41, 5.74) is 1.99. The number of aromatic nitrogens is 2. The highest BCUT2D eigenvalue weighted by molar-refractivity contribution is 6.31. The van der Waals surface area contributed by atoms with E-state index >= 15 is 0 Å². The van der Waals surface area contributed by atoms with Crippen LogP contribution in [0.5, 0.6) is 0 Å². The van der Waals surface area contributed by atoms with E-state index in [0.29, 0.717) is 11.1 Å². The maximum atomic E-state index is 6.25. The lowest BCUT2D eigenvalue weighted by Crippen LogP contribution is -2.29. The van der Waals surface area contributed by atoms with Gasteiger partial charge >= 0.3 is 0 Å². The van der Waals surface area contributed by atoms with Gasteiger partial charge in [0.2, 0.25) is 0 Å². The van der Waals surface area contributed by atoms with Gasteiger partial charge < -0.3 is 9.47 Å². The van der Waals surface area contributed by atoms with Gasteiger partial charge in [0.25, 0.3) is 0 Å². The van der Waals surface area contributed by atoms with Crippen molar-refractivity contribution >= 4 is 34.2 Å². The van der Waals surface area contributed by atoms with Crippen molar-refractivity contribution in [3.8, 4) is 0 Å². The summed E-state index contributed by atoms with van der Waals surface area (Å²) in [5, 5.41) is 0.576. The first-order valence-corrected chi connectivity index (χ1v) is 7.17. The topological polar surface area (TPSA) is 21.1 Å². The number of halogens is 2. The number of hydrogen-bond acceptors (Lipinski definition) is 2. The second-order valence-corrected chi connectivity index (χ2v) is 6.23. The van der Waals surface area contributed by atoms with Crippen molar-refractivity contribution in [1.29, 1.82) is 0 Å². The van der Waals surface area contributed by atoms with E-state index in [9.17, 15) is 0 Å². The molecule has 0 spiro atoms. The van der Waals surface area contributed by atoms with E-state index in [1.165, 1.54) is 0 Å². The Kier molecular flexibility index (Phi) is 4.39. The fourth-order valence-electron chi connectivity index (χ4n) is 2.04. The third kappa shape index (κ3) is 3.04. The van der Waals surface area contributed by atoms with Crippen molar-refractivity contribution in [3.05, 3.63) is 29.0 Å². The highest BCUT2D eigenvalue weighted by atomic mass is 35.5. The quantitative estimate of drug-likeness (QED) is 0.797. The molecule has 0 bridgehead atoms. The van der Waals surface area contributed by atoms with E-state index in [2.05, 4.69) is 35.5 Å². The average molecular weight is 300 g/mol. The molecule has 19 heavy (non-hydrogen) atoms. The molecule has 0 amide bonds. The summed E-state index contributed by atoms with van der Waals surface area (Å²) in [6, 6.07) is 6.19. The zero-order valence-corrected chi connectivity index (χ0v) is 13.2. The van der Waals surface area contributed by atoms with Gasteiger partial charge in [0.05, 0.1) is 16.4 Å². The molecular weight excluding hydrogens is 281 g/mol. The van der Waals surface area contributed by atoms with Gasteiger partial charge in [-0.15, -0.1) is 11.6 Å². The molecule has 2 atom stereocenters. The summed E-state index contributed by atoms with van der Waals surface area (Å²) in [5.74, 6) is 0.896. The number of alkyl halides is 1. The molecule has 0 saturated heterocycles. The van der Waals surface area contributed by atoms with E-state index < -0.39 is 0 Å². The third-order valence-electron chi connectivity index (χ3n) is 3.42. The van der Waals surface area contributed by atoms with Crippen LogP contribution in [-0.2, 0) is 6.54 Å². The Morgan fingerprint density at radius 2 is 2.00 bits per heavy atom. The van der Waals surface area contributed by atoms with E-state index in [1.807, 2.05) is 25.1 Å². The zero-order valence-electron chi connectivity index (χ0n) is 11.7. The minimum Gasteiger partial charge on any atom is -0.325 e. The predicted molar refractivity (Wildman–Crippen MR) is 82.2 cm³/mol. The lowest BCUT2D eigenvalue weighted by atomic mass is 10.2. The molecule has 5 heteroatoms. The summed E-state index contributed by atoms with van der Waals surface area (Å²) in [6.07, 6.45) is 0. The van der Waals surface area contributed by atoms with Crippen LogP contribution >= 0.6 is 23.2 Å². The minimum atomic E-state index is -0.125. The molecule has 1 aromatic heterocycles. The average Bonchev–Trinajstić information content (AvgIpc) is 2.67. The third-order valence-corrected chi connectivity index (χ3v) is 3.85. The highest BCUT2D eigenvalue weighted by Crippen LogP contribution is 2.27. The molecule has 2 unspecified atom stereocenters. The van der Waals surface area contributed by atoms with Gasteiger partial charge in [0.1, 0.15) is 5.82 Å².